The Labute approximate surface area is 195 Å². The topological polar surface area (TPSA) is 16.2 Å². The van der Waals surface area contributed by atoms with Gasteiger partial charge in [0, 0.05) is 45.8 Å². The Balaban J connectivity index is 1.56. The van der Waals surface area contributed by atoms with Crippen LogP contribution in [0.15, 0.2) is 45.6 Å². The lowest BCUT2D eigenvalue weighted by atomic mass is 9.84. The third kappa shape index (κ3) is 3.18. The van der Waals surface area contributed by atoms with E-state index in [9.17, 15) is 0 Å². The van der Waals surface area contributed by atoms with Gasteiger partial charge in [-0.3, -0.25) is 0 Å². The molecule has 0 N–H and O–H groups in total. The van der Waals surface area contributed by atoms with Gasteiger partial charge in [-0.1, -0.05) is 0 Å². The molecule has 0 aliphatic carbocycles. The maximum absolute atomic E-state index is 2.69. The molecule has 0 amide bonds. The fourth-order valence-corrected chi connectivity index (χ4v) is 6.99. The Morgan fingerprint density at radius 1 is 0.469 bits per heavy atom. The molecule has 0 aromatic rings. The van der Waals surface area contributed by atoms with Crippen molar-refractivity contribution < 1.29 is 0 Å². The zero-order valence-corrected chi connectivity index (χ0v) is 21.1. The van der Waals surface area contributed by atoms with Crippen molar-refractivity contribution in [2.75, 3.05) is 45.8 Å². The fraction of sp³-hybridized carbons (Fsp3) is 0.704. The quantitative estimate of drug-likeness (QED) is 0.583. The molecule has 0 fully saturated rings. The van der Waals surface area contributed by atoms with E-state index in [1.165, 1.54) is 81.3 Å². The van der Waals surface area contributed by atoms with Crippen LogP contribution in [0.5, 0.6) is 0 Å². The predicted octanol–water partition coefficient (Wildman–Crippen LogP) is 5.24. The number of hydrogen-bond acceptors (Lipinski definition) is 5. The van der Waals surface area contributed by atoms with Crippen LogP contribution in [-0.2, 0) is 0 Å². The summed E-state index contributed by atoms with van der Waals surface area (Å²) in [5.41, 5.74) is 6.73. The van der Waals surface area contributed by atoms with E-state index < -0.39 is 0 Å². The molecule has 0 spiro atoms. The minimum atomic E-state index is 1.04. The van der Waals surface area contributed by atoms with E-state index in [0.717, 1.165) is 32.7 Å². The lowest BCUT2D eigenvalue weighted by Crippen LogP contribution is -2.51. The molecule has 5 rings (SSSR count). The first-order valence-corrected chi connectivity index (χ1v) is 13.4. The summed E-state index contributed by atoms with van der Waals surface area (Å²) in [6, 6.07) is 0. The molecule has 5 aliphatic heterocycles. The molecular formula is C27H43N5. The summed E-state index contributed by atoms with van der Waals surface area (Å²) in [4.78, 5) is 13.3. The highest BCUT2D eigenvalue weighted by Crippen LogP contribution is 2.49. The smallest absolute Gasteiger partial charge is 0.115 e. The highest BCUT2D eigenvalue weighted by atomic mass is 15.5. The summed E-state index contributed by atoms with van der Waals surface area (Å²) in [5, 5.41) is 0. The molecule has 32 heavy (non-hydrogen) atoms. The van der Waals surface area contributed by atoms with Crippen LogP contribution >= 0.6 is 0 Å². The average Bonchev–Trinajstić information content (AvgIpc) is 2.83. The van der Waals surface area contributed by atoms with E-state index in [-0.39, 0.29) is 0 Å². The summed E-state index contributed by atoms with van der Waals surface area (Å²) in [7, 11) is 0. The minimum absolute atomic E-state index is 1.04. The van der Waals surface area contributed by atoms with Gasteiger partial charge in [0.15, 0.2) is 0 Å². The fourth-order valence-electron chi connectivity index (χ4n) is 6.99. The lowest BCUT2D eigenvalue weighted by molar-refractivity contribution is 0.135. The van der Waals surface area contributed by atoms with E-state index in [4.69, 9.17) is 0 Å². The van der Waals surface area contributed by atoms with Crippen LogP contribution in [0.3, 0.4) is 0 Å². The van der Waals surface area contributed by atoms with Crippen molar-refractivity contribution in [3.63, 3.8) is 0 Å². The first-order chi connectivity index (χ1) is 15.7. The Kier molecular flexibility index (Phi) is 5.94. The maximum atomic E-state index is 2.69. The van der Waals surface area contributed by atoms with Gasteiger partial charge in [-0.15, -0.1) is 0 Å². The van der Waals surface area contributed by atoms with Crippen molar-refractivity contribution in [3.8, 4) is 0 Å². The molecule has 5 heteroatoms. The summed E-state index contributed by atoms with van der Waals surface area (Å²) < 4.78 is 0. The van der Waals surface area contributed by atoms with Crippen molar-refractivity contribution in [2.24, 2.45) is 0 Å². The lowest BCUT2D eigenvalue weighted by Gasteiger charge is -2.53. The second-order valence-electron chi connectivity index (χ2n) is 9.84. The monoisotopic (exact) mass is 437 g/mol. The summed E-state index contributed by atoms with van der Waals surface area (Å²) in [5.74, 6) is 6.09. The van der Waals surface area contributed by atoms with Crippen molar-refractivity contribution in [1.82, 2.24) is 24.5 Å². The molecule has 0 unspecified atom stereocenters. The Morgan fingerprint density at radius 3 is 1.22 bits per heavy atom. The zero-order valence-electron chi connectivity index (χ0n) is 21.1. The van der Waals surface area contributed by atoms with Crippen LogP contribution in [-0.4, -0.2) is 70.3 Å². The van der Waals surface area contributed by atoms with Crippen LogP contribution in [0.1, 0.15) is 79.6 Å². The third-order valence-corrected chi connectivity index (χ3v) is 8.20. The number of nitrogens with zero attached hydrogens (tertiary/aromatic N) is 5. The second-order valence-corrected chi connectivity index (χ2v) is 9.84. The molecule has 5 aliphatic rings. The van der Waals surface area contributed by atoms with E-state index in [1.54, 1.807) is 22.3 Å². The van der Waals surface area contributed by atoms with Crippen LogP contribution in [0.25, 0.3) is 0 Å². The zero-order chi connectivity index (χ0) is 22.4. The molecule has 0 radical (unpaired) electrons. The van der Waals surface area contributed by atoms with Crippen LogP contribution < -0.4 is 0 Å². The predicted molar refractivity (Wildman–Crippen MR) is 132 cm³/mol. The number of hydrogen-bond donors (Lipinski definition) is 0. The van der Waals surface area contributed by atoms with Crippen LogP contribution in [0, 0.1) is 0 Å². The van der Waals surface area contributed by atoms with Gasteiger partial charge in [0.25, 0.3) is 0 Å². The third-order valence-electron chi connectivity index (χ3n) is 8.20. The van der Waals surface area contributed by atoms with Gasteiger partial charge in [0.2, 0.25) is 0 Å². The van der Waals surface area contributed by atoms with Crippen molar-refractivity contribution in [2.45, 2.75) is 79.6 Å². The molecule has 0 aromatic carbocycles. The average molecular weight is 438 g/mol. The van der Waals surface area contributed by atoms with E-state index in [0.29, 0.717) is 0 Å². The highest BCUT2D eigenvalue weighted by molar-refractivity contribution is 5.45. The number of rotatable bonds is 5. The summed E-state index contributed by atoms with van der Waals surface area (Å²) in [6.45, 7) is 19.5. The summed E-state index contributed by atoms with van der Waals surface area (Å²) in [6.07, 6.45) is 8.71. The van der Waals surface area contributed by atoms with Gasteiger partial charge >= 0.3 is 0 Å². The molecule has 0 bridgehead atoms. The van der Waals surface area contributed by atoms with Gasteiger partial charge in [0.05, 0.1) is 0 Å². The molecular weight excluding hydrogens is 394 g/mol. The summed E-state index contributed by atoms with van der Waals surface area (Å²) >= 11 is 0. The molecule has 5 nitrogen and oxygen atoms in total. The maximum Gasteiger partial charge on any atom is 0.115 e. The van der Waals surface area contributed by atoms with E-state index in [2.05, 4.69) is 59.1 Å². The minimum Gasteiger partial charge on any atom is -0.358 e. The second kappa shape index (κ2) is 8.72. The van der Waals surface area contributed by atoms with Crippen LogP contribution in [0.2, 0.25) is 0 Å². The van der Waals surface area contributed by atoms with Crippen molar-refractivity contribution in [1.29, 1.82) is 0 Å². The normalized spacial score (nSPS) is 23.7. The number of allylic oxidation sites excluding steroid dienone is 4. The molecule has 0 saturated carbocycles. The first kappa shape index (κ1) is 21.8. The molecule has 0 aromatic heterocycles. The largest absolute Gasteiger partial charge is 0.358 e. The van der Waals surface area contributed by atoms with E-state index >= 15 is 0 Å². The van der Waals surface area contributed by atoms with Gasteiger partial charge in [0.1, 0.15) is 23.3 Å². The molecule has 0 atom stereocenters. The molecule has 5 heterocycles. The van der Waals surface area contributed by atoms with Crippen molar-refractivity contribution >= 4 is 0 Å². The van der Waals surface area contributed by atoms with E-state index in [1.807, 2.05) is 0 Å². The van der Waals surface area contributed by atoms with Crippen LogP contribution in [0.4, 0.5) is 0 Å². The van der Waals surface area contributed by atoms with Gasteiger partial charge in [-0.2, -0.15) is 0 Å². The SMILES string of the molecule is CCN1CCCC2=C1N(CC)C1=C(C2)CC2=C(N(CC)C3=C(CCCN3CC)C2)N1CC. The first-order valence-electron chi connectivity index (χ1n) is 13.4. The molecule has 176 valence electrons. The van der Waals surface area contributed by atoms with Gasteiger partial charge in [-0.25, -0.2) is 0 Å². The Bertz CT molecular complexity index is 822. The Morgan fingerprint density at radius 2 is 0.844 bits per heavy atom. The standard InChI is InChI=1S/C27H43N5/c1-6-28-15-11-13-20-17-22-19-23-18-21-14-12-16-29(7-2)25(21)31(9-4)27(23)32(10-5)26(22)30(8-3)24(20)28/h6-19H2,1-5H3. The highest BCUT2D eigenvalue weighted by Gasteiger charge is 2.42. The van der Waals surface area contributed by atoms with Crippen molar-refractivity contribution in [3.05, 3.63) is 45.6 Å². The van der Waals surface area contributed by atoms with Gasteiger partial charge in [-0.05, 0) is 102 Å². The van der Waals surface area contributed by atoms with Gasteiger partial charge < -0.3 is 24.5 Å². The Hall–Kier alpha value is -2.04. The molecule has 0 saturated heterocycles.